The topological polar surface area (TPSA) is 73.0 Å². The molecule has 0 aliphatic carbocycles. The summed E-state index contributed by atoms with van der Waals surface area (Å²) in [5.41, 5.74) is 2.12. The monoisotopic (exact) mass is 378 g/mol. The summed E-state index contributed by atoms with van der Waals surface area (Å²) in [7, 11) is 5.71. The first kappa shape index (κ1) is 21.4. The van der Waals surface area contributed by atoms with Crippen molar-refractivity contribution in [3.05, 3.63) is 30.0 Å². The first-order chi connectivity index (χ1) is 13.1. The molecule has 0 spiro atoms. The molecule has 0 aliphatic heterocycles. The average molecular weight is 378 g/mol. The van der Waals surface area contributed by atoms with Crippen LogP contribution in [0.15, 0.2) is 24.4 Å². The Balaban J connectivity index is 1.81. The van der Waals surface area contributed by atoms with Crippen molar-refractivity contribution in [1.82, 2.24) is 9.88 Å². The van der Waals surface area contributed by atoms with E-state index in [0.29, 0.717) is 38.8 Å². The normalized spacial score (nSPS) is 11.4. The minimum absolute atomic E-state index is 0.200. The number of nitrogens with zero attached hydrogens (tertiary/aromatic N) is 1. The Hall–Kier alpha value is -1.93. The fourth-order valence-electron chi connectivity index (χ4n) is 2.64. The number of rotatable bonds is 13. The third kappa shape index (κ3) is 7.30. The van der Waals surface area contributed by atoms with Gasteiger partial charge in [-0.2, -0.15) is 0 Å². The predicted molar refractivity (Wildman–Crippen MR) is 104 cm³/mol. The second kappa shape index (κ2) is 11.7. The number of methoxy groups -OCH3 is 1. The van der Waals surface area contributed by atoms with Crippen molar-refractivity contribution < 1.29 is 23.7 Å². The number of H-pyrrole nitrogens is 1. The van der Waals surface area contributed by atoms with E-state index in [2.05, 4.69) is 9.88 Å². The lowest BCUT2D eigenvalue weighted by atomic mass is 10.1. The molecular formula is C20H30N2O5. The molecule has 0 saturated heterocycles. The standard InChI is InChI=1S/C20H30N2O5/c1-22(2)9-7-16-15-21-17-5-4-6-18(20(16)17)27-19(23)8-10-25-13-14-26-12-11-24-3/h4-6,15,21H,7-14H2,1-3H3. The van der Waals surface area contributed by atoms with E-state index in [4.69, 9.17) is 18.9 Å². The van der Waals surface area contributed by atoms with E-state index in [1.165, 1.54) is 0 Å². The Morgan fingerprint density at radius 2 is 1.81 bits per heavy atom. The third-order valence-electron chi connectivity index (χ3n) is 4.06. The highest BCUT2D eigenvalue weighted by atomic mass is 16.5. The van der Waals surface area contributed by atoms with Crippen molar-refractivity contribution >= 4 is 16.9 Å². The maximum Gasteiger partial charge on any atom is 0.313 e. The maximum absolute atomic E-state index is 12.2. The molecule has 0 bridgehead atoms. The summed E-state index contributed by atoms with van der Waals surface area (Å²) in [4.78, 5) is 17.5. The molecule has 0 atom stereocenters. The van der Waals surface area contributed by atoms with E-state index in [1.807, 2.05) is 38.5 Å². The molecule has 1 aromatic carbocycles. The lowest BCUT2D eigenvalue weighted by Crippen LogP contribution is -2.15. The number of benzene rings is 1. The van der Waals surface area contributed by atoms with Gasteiger partial charge in [0.05, 0.1) is 39.5 Å². The molecule has 1 N–H and O–H groups in total. The number of aromatic amines is 1. The van der Waals surface area contributed by atoms with Crippen molar-refractivity contribution in [2.45, 2.75) is 12.8 Å². The molecule has 0 fully saturated rings. The summed E-state index contributed by atoms with van der Waals surface area (Å²) >= 11 is 0. The molecule has 2 aromatic rings. The van der Waals surface area contributed by atoms with Crippen LogP contribution in [0, 0.1) is 0 Å². The SMILES string of the molecule is COCCOCCOCCC(=O)Oc1cccc2[nH]cc(CCN(C)C)c12. The fourth-order valence-corrected chi connectivity index (χ4v) is 2.64. The number of likely N-dealkylation sites (N-methyl/N-ethyl adjacent to an activating group) is 1. The smallest absolute Gasteiger partial charge is 0.313 e. The number of carbonyl (C=O) groups is 1. The average Bonchev–Trinajstić information content (AvgIpc) is 3.06. The van der Waals surface area contributed by atoms with Crippen LogP contribution in [0.1, 0.15) is 12.0 Å². The zero-order valence-corrected chi connectivity index (χ0v) is 16.5. The molecule has 0 saturated carbocycles. The molecule has 27 heavy (non-hydrogen) atoms. The van der Waals surface area contributed by atoms with E-state index < -0.39 is 0 Å². The molecule has 7 heteroatoms. The van der Waals surface area contributed by atoms with Gasteiger partial charge in [0.1, 0.15) is 5.75 Å². The molecule has 0 amide bonds. The number of aromatic nitrogens is 1. The number of hydrogen-bond donors (Lipinski definition) is 1. The zero-order valence-electron chi connectivity index (χ0n) is 16.5. The summed E-state index contributed by atoms with van der Waals surface area (Å²) < 4.78 is 21.2. The van der Waals surface area contributed by atoms with E-state index >= 15 is 0 Å². The zero-order chi connectivity index (χ0) is 19.5. The van der Waals surface area contributed by atoms with Crippen molar-refractivity contribution in [2.24, 2.45) is 0 Å². The van der Waals surface area contributed by atoms with Crippen LogP contribution in [0.4, 0.5) is 0 Å². The van der Waals surface area contributed by atoms with Crippen LogP contribution < -0.4 is 4.74 Å². The Morgan fingerprint density at radius 1 is 1.07 bits per heavy atom. The number of carbonyl (C=O) groups excluding carboxylic acids is 1. The molecule has 1 heterocycles. The third-order valence-corrected chi connectivity index (χ3v) is 4.06. The van der Waals surface area contributed by atoms with Crippen LogP contribution >= 0.6 is 0 Å². The summed E-state index contributed by atoms with van der Waals surface area (Å²) in [6.07, 6.45) is 3.07. The van der Waals surface area contributed by atoms with Crippen molar-refractivity contribution in [2.75, 3.05) is 60.8 Å². The van der Waals surface area contributed by atoms with Gasteiger partial charge in [0.2, 0.25) is 0 Å². The molecule has 0 aliphatic rings. The lowest BCUT2D eigenvalue weighted by molar-refractivity contribution is -0.135. The Morgan fingerprint density at radius 3 is 2.56 bits per heavy atom. The second-order valence-corrected chi connectivity index (χ2v) is 6.49. The van der Waals surface area contributed by atoms with E-state index in [0.717, 1.165) is 29.4 Å². The quantitative estimate of drug-likeness (QED) is 0.327. The highest BCUT2D eigenvalue weighted by molar-refractivity contribution is 5.91. The molecule has 0 unspecified atom stereocenters. The van der Waals surface area contributed by atoms with Crippen LogP contribution in [0.25, 0.3) is 10.9 Å². The Kier molecular flexibility index (Phi) is 9.27. The molecule has 2 rings (SSSR count). The van der Waals surface area contributed by atoms with Gasteiger partial charge < -0.3 is 28.8 Å². The molecule has 0 radical (unpaired) electrons. The highest BCUT2D eigenvalue weighted by Crippen LogP contribution is 2.29. The predicted octanol–water partition coefficient (Wildman–Crippen LogP) is 2.25. The molecule has 7 nitrogen and oxygen atoms in total. The number of esters is 1. The van der Waals surface area contributed by atoms with Gasteiger partial charge in [0.15, 0.2) is 0 Å². The van der Waals surface area contributed by atoms with Crippen LogP contribution in [0.2, 0.25) is 0 Å². The first-order valence-electron chi connectivity index (χ1n) is 9.20. The van der Waals surface area contributed by atoms with Crippen LogP contribution in [-0.4, -0.2) is 76.6 Å². The Bertz CT molecular complexity index is 699. The number of ether oxygens (including phenoxy) is 4. The van der Waals surface area contributed by atoms with Crippen molar-refractivity contribution in [3.8, 4) is 5.75 Å². The summed E-state index contributed by atoms with van der Waals surface area (Å²) in [6, 6.07) is 5.70. The summed E-state index contributed by atoms with van der Waals surface area (Å²) in [6.45, 7) is 3.26. The van der Waals surface area contributed by atoms with Gasteiger partial charge in [0.25, 0.3) is 0 Å². The van der Waals surface area contributed by atoms with Crippen LogP contribution in [0.5, 0.6) is 5.75 Å². The van der Waals surface area contributed by atoms with Gasteiger partial charge in [-0.05, 0) is 38.2 Å². The first-order valence-corrected chi connectivity index (χ1v) is 9.20. The van der Waals surface area contributed by atoms with Crippen molar-refractivity contribution in [3.63, 3.8) is 0 Å². The Labute approximate surface area is 160 Å². The molecule has 150 valence electrons. The van der Waals surface area contributed by atoms with E-state index in [1.54, 1.807) is 7.11 Å². The fraction of sp³-hybridized carbons (Fsp3) is 0.550. The number of hydrogen-bond acceptors (Lipinski definition) is 6. The van der Waals surface area contributed by atoms with Gasteiger partial charge in [-0.3, -0.25) is 4.79 Å². The number of fused-ring (bicyclic) bond motifs is 1. The summed E-state index contributed by atoms with van der Waals surface area (Å²) in [5, 5.41) is 0.972. The van der Waals surface area contributed by atoms with E-state index in [9.17, 15) is 4.79 Å². The lowest BCUT2D eigenvalue weighted by Gasteiger charge is -2.10. The summed E-state index contributed by atoms with van der Waals surface area (Å²) in [5.74, 6) is 0.290. The minimum Gasteiger partial charge on any atom is -0.426 e. The van der Waals surface area contributed by atoms with Crippen LogP contribution in [-0.2, 0) is 25.4 Å². The van der Waals surface area contributed by atoms with Gasteiger partial charge in [-0.15, -0.1) is 0 Å². The molecular weight excluding hydrogens is 348 g/mol. The van der Waals surface area contributed by atoms with Crippen molar-refractivity contribution in [1.29, 1.82) is 0 Å². The number of nitrogens with one attached hydrogen (secondary N) is 1. The van der Waals surface area contributed by atoms with Crippen LogP contribution in [0.3, 0.4) is 0 Å². The van der Waals surface area contributed by atoms with Gasteiger partial charge in [-0.25, -0.2) is 0 Å². The van der Waals surface area contributed by atoms with Gasteiger partial charge in [0, 0.05) is 30.8 Å². The largest absolute Gasteiger partial charge is 0.426 e. The van der Waals surface area contributed by atoms with Gasteiger partial charge >= 0.3 is 5.97 Å². The minimum atomic E-state index is -0.303. The molecule has 1 aromatic heterocycles. The second-order valence-electron chi connectivity index (χ2n) is 6.49. The highest BCUT2D eigenvalue weighted by Gasteiger charge is 2.13. The van der Waals surface area contributed by atoms with Gasteiger partial charge in [-0.1, -0.05) is 6.07 Å². The van der Waals surface area contributed by atoms with E-state index in [-0.39, 0.29) is 12.4 Å². The maximum atomic E-state index is 12.2.